The maximum Gasteiger partial charge on any atom is 0.339 e. The number of hydrogen-bond donors (Lipinski definition) is 2. The lowest BCUT2D eigenvalue weighted by molar-refractivity contribution is -0.141. The molecule has 14 nitrogen and oxygen atoms in total. The molecule has 0 radical (unpaired) electrons. The van der Waals surface area contributed by atoms with Gasteiger partial charge in [0, 0.05) is 11.1 Å². The first kappa shape index (κ1) is 33.5. The average molecular weight is 567 g/mol. The summed E-state index contributed by atoms with van der Waals surface area (Å²) in [4.78, 5) is 71.0. The minimum atomic E-state index is -1.63. The molecule has 14 heteroatoms. The van der Waals surface area contributed by atoms with Crippen LogP contribution in [0.5, 0.6) is 0 Å². The number of aromatic carboxylic acids is 2. The van der Waals surface area contributed by atoms with Crippen molar-refractivity contribution in [3.63, 3.8) is 0 Å². The van der Waals surface area contributed by atoms with Gasteiger partial charge in [-0.2, -0.15) is 0 Å². The third-order valence-corrected chi connectivity index (χ3v) is 4.60. The molecule has 1 aromatic carbocycles. The molecule has 0 aliphatic carbocycles. The predicted octanol–water partition coefficient (Wildman–Crippen LogP) is 1.67. The van der Waals surface area contributed by atoms with Crippen molar-refractivity contribution in [3.05, 3.63) is 58.7 Å². The normalized spacial score (nSPS) is 10.2. The van der Waals surface area contributed by atoms with Gasteiger partial charge in [0.15, 0.2) is 0 Å². The van der Waals surface area contributed by atoms with Crippen molar-refractivity contribution >= 4 is 35.8 Å². The van der Waals surface area contributed by atoms with E-state index >= 15 is 0 Å². The largest absolute Gasteiger partial charge is 0.478 e. The Morgan fingerprint density at radius 1 is 0.550 bits per heavy atom. The fraction of sp³-hybridized carbons (Fsp3) is 0.385. The lowest BCUT2D eigenvalue weighted by atomic mass is 9.98. The van der Waals surface area contributed by atoms with E-state index in [1.54, 1.807) is 0 Å². The van der Waals surface area contributed by atoms with Crippen LogP contribution in [0.4, 0.5) is 0 Å². The second kappa shape index (κ2) is 17.1. The summed E-state index contributed by atoms with van der Waals surface area (Å²) in [6.07, 6.45) is 0. The third kappa shape index (κ3) is 11.4. The minimum Gasteiger partial charge on any atom is -0.478 e. The lowest BCUT2D eigenvalue weighted by Crippen LogP contribution is -2.20. The quantitative estimate of drug-likeness (QED) is 0.113. The molecule has 0 saturated carbocycles. The molecule has 0 atom stereocenters. The van der Waals surface area contributed by atoms with Gasteiger partial charge in [-0.3, -0.25) is 0 Å². The highest BCUT2D eigenvalue weighted by Crippen LogP contribution is 2.20. The van der Waals surface area contributed by atoms with Crippen LogP contribution < -0.4 is 0 Å². The van der Waals surface area contributed by atoms with Gasteiger partial charge in [-0.05, 0) is 26.0 Å². The summed E-state index contributed by atoms with van der Waals surface area (Å²) in [6.45, 7) is 8.72. The zero-order valence-electron chi connectivity index (χ0n) is 22.0. The van der Waals surface area contributed by atoms with Crippen molar-refractivity contribution in [1.82, 2.24) is 0 Å². The summed E-state index contributed by atoms with van der Waals surface area (Å²) in [5, 5.41) is 18.9. The molecule has 218 valence electrons. The van der Waals surface area contributed by atoms with Crippen LogP contribution in [0.3, 0.4) is 0 Å². The van der Waals surface area contributed by atoms with E-state index in [0.717, 1.165) is 6.07 Å². The average Bonchev–Trinajstić information content (AvgIpc) is 2.90. The van der Waals surface area contributed by atoms with Crippen molar-refractivity contribution in [1.29, 1.82) is 0 Å². The first-order valence-electron chi connectivity index (χ1n) is 11.7. The van der Waals surface area contributed by atoms with E-state index in [1.165, 1.54) is 13.8 Å². The van der Waals surface area contributed by atoms with Crippen molar-refractivity contribution in [2.24, 2.45) is 0 Å². The summed E-state index contributed by atoms with van der Waals surface area (Å²) in [5.41, 5.74) is -2.16. The number of carboxylic acids is 2. The van der Waals surface area contributed by atoms with E-state index in [9.17, 15) is 39.0 Å². The Morgan fingerprint density at radius 3 is 1.15 bits per heavy atom. The topological polar surface area (TPSA) is 198 Å². The molecule has 1 rings (SSSR count). The van der Waals surface area contributed by atoms with Crippen molar-refractivity contribution in [2.75, 3.05) is 52.9 Å². The molecule has 0 amide bonds. The molecule has 0 saturated heterocycles. The number of carbonyl (C=O) groups is 6. The molecule has 40 heavy (non-hydrogen) atoms. The van der Waals surface area contributed by atoms with Gasteiger partial charge in [0.1, 0.15) is 26.4 Å². The maximum absolute atomic E-state index is 12.5. The lowest BCUT2D eigenvalue weighted by Gasteiger charge is -2.13. The second-order valence-corrected chi connectivity index (χ2v) is 7.88. The molecular formula is C26H30O14. The monoisotopic (exact) mass is 566 g/mol. The molecule has 0 spiro atoms. The number of esters is 4. The molecule has 2 N–H and O–H groups in total. The minimum absolute atomic E-state index is 0.0103. The SMILES string of the molecule is C=C(C)C(=O)OCCOCCOC(=O)c1cc(C(=O)OCCOCCOC(=O)C(=C)C)c(C(=O)O)cc1C(=O)O. The number of ether oxygens (including phenoxy) is 6. The Labute approximate surface area is 229 Å². The highest BCUT2D eigenvalue weighted by atomic mass is 16.6. The fourth-order valence-corrected chi connectivity index (χ4v) is 2.67. The first-order chi connectivity index (χ1) is 18.9. The fourth-order valence-electron chi connectivity index (χ4n) is 2.67. The van der Waals surface area contributed by atoms with Crippen molar-refractivity contribution in [2.45, 2.75) is 13.8 Å². The molecule has 0 unspecified atom stereocenters. The number of rotatable bonds is 18. The molecule has 0 heterocycles. The van der Waals surface area contributed by atoms with E-state index in [1.807, 2.05) is 0 Å². The van der Waals surface area contributed by atoms with E-state index in [4.69, 9.17) is 28.4 Å². The van der Waals surface area contributed by atoms with Gasteiger partial charge in [-0.25, -0.2) is 28.8 Å². The zero-order chi connectivity index (χ0) is 30.2. The highest BCUT2D eigenvalue weighted by Gasteiger charge is 2.27. The highest BCUT2D eigenvalue weighted by molar-refractivity contribution is 6.09. The van der Waals surface area contributed by atoms with Crippen LogP contribution in [0.25, 0.3) is 0 Å². The van der Waals surface area contributed by atoms with Crippen LogP contribution in [-0.4, -0.2) is 98.9 Å². The Hall–Kier alpha value is -4.56. The summed E-state index contributed by atoms with van der Waals surface area (Å²) in [7, 11) is 0. The van der Waals surface area contributed by atoms with Crippen LogP contribution in [0.1, 0.15) is 55.3 Å². The van der Waals surface area contributed by atoms with Gasteiger partial charge in [0.05, 0.1) is 48.7 Å². The molecule has 0 aromatic heterocycles. The van der Waals surface area contributed by atoms with Gasteiger partial charge in [-0.15, -0.1) is 0 Å². The molecule has 0 aliphatic heterocycles. The molecule has 0 bridgehead atoms. The van der Waals surface area contributed by atoms with Gasteiger partial charge >= 0.3 is 35.8 Å². The number of carboxylic acid groups (broad SMARTS) is 2. The molecule has 0 aliphatic rings. The van der Waals surface area contributed by atoms with E-state index in [-0.39, 0.29) is 64.0 Å². The van der Waals surface area contributed by atoms with Crippen LogP contribution in [0, 0.1) is 0 Å². The Morgan fingerprint density at radius 2 is 0.850 bits per heavy atom. The Balaban J connectivity index is 2.76. The molecular weight excluding hydrogens is 536 g/mol. The van der Waals surface area contributed by atoms with Crippen molar-refractivity contribution in [3.8, 4) is 0 Å². The Kier molecular flexibility index (Phi) is 14.3. The van der Waals surface area contributed by atoms with Crippen LogP contribution >= 0.6 is 0 Å². The van der Waals surface area contributed by atoms with Gasteiger partial charge < -0.3 is 38.6 Å². The van der Waals surface area contributed by atoms with E-state index < -0.39 is 58.1 Å². The van der Waals surface area contributed by atoms with Crippen LogP contribution in [0.2, 0.25) is 0 Å². The number of carbonyl (C=O) groups excluding carboxylic acids is 4. The number of hydrogen-bond acceptors (Lipinski definition) is 12. The molecule has 0 fully saturated rings. The van der Waals surface area contributed by atoms with Crippen LogP contribution in [0.15, 0.2) is 36.4 Å². The van der Waals surface area contributed by atoms with Crippen molar-refractivity contribution < 1.29 is 67.4 Å². The second-order valence-electron chi connectivity index (χ2n) is 7.88. The summed E-state index contributed by atoms with van der Waals surface area (Å²) < 4.78 is 29.9. The van der Waals surface area contributed by atoms with Gasteiger partial charge in [0.2, 0.25) is 0 Å². The standard InChI is InChI=1S/C26H30O14/c1-15(2)23(31)37-9-5-35-7-11-39-25(33)19-14-20(18(22(29)30)13-17(19)21(27)28)26(34)40-12-8-36-6-10-38-24(32)16(3)4/h13-14H,1,3,5-12H2,2,4H3,(H,27,28)(H,29,30). The molecule has 1 aromatic rings. The summed E-state index contributed by atoms with van der Waals surface area (Å²) in [5.74, 6) is -6.77. The van der Waals surface area contributed by atoms with E-state index in [0.29, 0.717) is 6.07 Å². The smallest absolute Gasteiger partial charge is 0.339 e. The van der Waals surface area contributed by atoms with Gasteiger partial charge in [-0.1, -0.05) is 13.2 Å². The third-order valence-electron chi connectivity index (χ3n) is 4.60. The predicted molar refractivity (Wildman–Crippen MR) is 134 cm³/mol. The maximum atomic E-state index is 12.5. The summed E-state index contributed by atoms with van der Waals surface area (Å²) in [6, 6.07) is 1.41. The first-order valence-corrected chi connectivity index (χ1v) is 11.7. The number of benzene rings is 1. The van der Waals surface area contributed by atoms with E-state index in [2.05, 4.69) is 13.2 Å². The van der Waals surface area contributed by atoms with Crippen LogP contribution in [-0.2, 0) is 38.0 Å². The summed E-state index contributed by atoms with van der Waals surface area (Å²) >= 11 is 0. The zero-order valence-corrected chi connectivity index (χ0v) is 22.0. The van der Waals surface area contributed by atoms with Gasteiger partial charge in [0.25, 0.3) is 0 Å². The Bertz CT molecular complexity index is 1070.